The molecular weight excluding hydrogens is 486 g/mol. The largest absolute Gasteiger partial charge is 0.378 e. The summed E-state index contributed by atoms with van der Waals surface area (Å²) in [7, 11) is 0. The molecule has 9 heteroatoms. The standard InChI is InChI=1S/C28H37N5O3S/c1-16-12-24(37-4)23(27(34)31-16)13-30-28(35)25-18(3)33(26-22(25)6-5-11-29-26)17(2)19-7-9-20(10-8-19)32-21-14-36-15-21/h5-6,11-12,17,19-21,32H,7-10,13-15H2,1-4H3,(H,30,35)(H,31,34)/t17-,19?,20?/m1/s1. The molecule has 1 aliphatic heterocycles. The van der Waals surface area contributed by atoms with Crippen LogP contribution in [0.2, 0.25) is 0 Å². The summed E-state index contributed by atoms with van der Waals surface area (Å²) < 4.78 is 7.57. The van der Waals surface area contributed by atoms with Gasteiger partial charge in [-0.05, 0) is 76.8 Å². The summed E-state index contributed by atoms with van der Waals surface area (Å²) in [5.74, 6) is 0.349. The van der Waals surface area contributed by atoms with Gasteiger partial charge >= 0.3 is 0 Å². The number of carbonyl (C=O) groups is 1. The van der Waals surface area contributed by atoms with E-state index < -0.39 is 0 Å². The fourth-order valence-corrected chi connectivity index (χ4v) is 6.69. The second kappa shape index (κ2) is 11.0. The second-order valence-corrected chi connectivity index (χ2v) is 11.3. The van der Waals surface area contributed by atoms with Crippen molar-refractivity contribution in [3.8, 4) is 0 Å². The number of thioether (sulfide) groups is 1. The molecule has 1 saturated heterocycles. The van der Waals surface area contributed by atoms with Crippen molar-refractivity contribution in [2.75, 3.05) is 19.5 Å². The van der Waals surface area contributed by atoms with Crippen molar-refractivity contribution in [2.45, 2.75) is 76.0 Å². The zero-order chi connectivity index (χ0) is 26.1. The Labute approximate surface area is 222 Å². The van der Waals surface area contributed by atoms with E-state index >= 15 is 0 Å². The highest BCUT2D eigenvalue weighted by Crippen LogP contribution is 2.37. The van der Waals surface area contributed by atoms with Crippen molar-refractivity contribution in [3.05, 3.63) is 57.3 Å². The predicted molar refractivity (Wildman–Crippen MR) is 147 cm³/mol. The van der Waals surface area contributed by atoms with E-state index in [1.54, 1.807) is 6.20 Å². The first-order valence-corrected chi connectivity index (χ1v) is 14.4. The highest BCUT2D eigenvalue weighted by molar-refractivity contribution is 7.98. The van der Waals surface area contributed by atoms with Gasteiger partial charge in [-0.1, -0.05) is 0 Å². The fourth-order valence-electron chi connectivity index (χ4n) is 5.98. The highest BCUT2D eigenvalue weighted by Gasteiger charge is 2.31. The number of aryl methyl sites for hydroxylation is 1. The molecule has 1 atom stereocenters. The molecule has 0 aromatic carbocycles. The summed E-state index contributed by atoms with van der Waals surface area (Å²) in [6, 6.07) is 7.11. The van der Waals surface area contributed by atoms with E-state index in [1.165, 1.54) is 11.8 Å². The molecule has 2 aliphatic rings. The predicted octanol–water partition coefficient (Wildman–Crippen LogP) is 4.10. The molecule has 1 aliphatic carbocycles. The van der Waals surface area contributed by atoms with Crippen LogP contribution in [-0.2, 0) is 11.3 Å². The van der Waals surface area contributed by atoms with Crippen molar-refractivity contribution in [1.82, 2.24) is 25.2 Å². The Bertz CT molecular complexity index is 1340. The van der Waals surface area contributed by atoms with Gasteiger partial charge in [0, 0.05) is 52.1 Å². The molecule has 0 radical (unpaired) electrons. The average Bonchev–Trinajstić information content (AvgIpc) is 3.16. The SMILES string of the molecule is CSc1cc(C)[nH]c(=O)c1CNC(=O)c1c(C)n([C@H](C)C2CCC(NC3COC3)CC2)c2ncccc12. The number of rotatable bonds is 8. The molecule has 0 unspecified atom stereocenters. The van der Waals surface area contributed by atoms with E-state index in [1.807, 2.05) is 38.3 Å². The lowest BCUT2D eigenvalue weighted by atomic mass is 9.81. The molecule has 5 rings (SSSR count). The highest BCUT2D eigenvalue weighted by atomic mass is 32.2. The zero-order valence-corrected chi connectivity index (χ0v) is 22.9. The summed E-state index contributed by atoms with van der Waals surface area (Å²) in [6.45, 7) is 7.98. The molecule has 3 aromatic heterocycles. The third-order valence-electron chi connectivity index (χ3n) is 8.08. The zero-order valence-electron chi connectivity index (χ0n) is 22.1. The van der Waals surface area contributed by atoms with E-state index in [2.05, 4.69) is 27.1 Å². The van der Waals surface area contributed by atoms with Gasteiger partial charge in [-0.3, -0.25) is 9.59 Å². The van der Waals surface area contributed by atoms with Gasteiger partial charge in [0.1, 0.15) is 5.65 Å². The fraction of sp³-hybridized carbons (Fsp3) is 0.536. The van der Waals surface area contributed by atoms with Crippen LogP contribution in [0.15, 0.2) is 34.1 Å². The maximum Gasteiger partial charge on any atom is 0.254 e. The van der Waals surface area contributed by atoms with Crippen LogP contribution in [0.3, 0.4) is 0 Å². The molecule has 1 amide bonds. The molecule has 1 saturated carbocycles. The van der Waals surface area contributed by atoms with Crippen LogP contribution in [0.5, 0.6) is 0 Å². The Morgan fingerprint density at radius 2 is 2.00 bits per heavy atom. The van der Waals surface area contributed by atoms with E-state index in [0.29, 0.717) is 29.1 Å². The number of pyridine rings is 2. The molecule has 3 aromatic rings. The summed E-state index contributed by atoms with van der Waals surface area (Å²) >= 11 is 1.51. The smallest absolute Gasteiger partial charge is 0.254 e. The monoisotopic (exact) mass is 523 g/mol. The van der Waals surface area contributed by atoms with E-state index in [4.69, 9.17) is 9.72 Å². The van der Waals surface area contributed by atoms with Crippen LogP contribution in [0.1, 0.15) is 66.0 Å². The topological polar surface area (TPSA) is 101 Å². The number of aromatic nitrogens is 3. The van der Waals surface area contributed by atoms with Gasteiger partial charge in [0.05, 0.1) is 24.8 Å². The Balaban J connectivity index is 1.36. The lowest BCUT2D eigenvalue weighted by Gasteiger charge is -2.37. The number of carbonyl (C=O) groups excluding carboxylic acids is 1. The first kappa shape index (κ1) is 26.0. The van der Waals surface area contributed by atoms with Crippen LogP contribution in [0.25, 0.3) is 11.0 Å². The van der Waals surface area contributed by atoms with Crippen LogP contribution in [0.4, 0.5) is 0 Å². The van der Waals surface area contributed by atoms with Gasteiger partial charge in [-0.25, -0.2) is 4.98 Å². The van der Waals surface area contributed by atoms with E-state index in [0.717, 1.165) is 66.2 Å². The Morgan fingerprint density at radius 3 is 2.68 bits per heavy atom. The number of nitrogens with one attached hydrogen (secondary N) is 3. The molecular formula is C28H37N5O3S. The molecule has 2 fully saturated rings. The van der Waals surface area contributed by atoms with Crippen molar-refractivity contribution in [1.29, 1.82) is 0 Å². The van der Waals surface area contributed by atoms with Crippen molar-refractivity contribution in [2.24, 2.45) is 5.92 Å². The Morgan fingerprint density at radius 1 is 1.24 bits per heavy atom. The van der Waals surface area contributed by atoms with Crippen LogP contribution >= 0.6 is 11.8 Å². The van der Waals surface area contributed by atoms with Gasteiger partial charge in [-0.2, -0.15) is 0 Å². The molecule has 8 nitrogen and oxygen atoms in total. The van der Waals surface area contributed by atoms with Gasteiger partial charge in [0.2, 0.25) is 0 Å². The quantitative estimate of drug-likeness (QED) is 0.385. The van der Waals surface area contributed by atoms with Gasteiger partial charge in [-0.15, -0.1) is 11.8 Å². The van der Waals surface area contributed by atoms with Crippen molar-refractivity contribution < 1.29 is 9.53 Å². The minimum absolute atomic E-state index is 0.158. The summed E-state index contributed by atoms with van der Waals surface area (Å²) in [5, 5.41) is 7.61. The number of H-pyrrole nitrogens is 1. The number of ether oxygens (including phenoxy) is 1. The molecule has 37 heavy (non-hydrogen) atoms. The maximum absolute atomic E-state index is 13.5. The van der Waals surface area contributed by atoms with Gasteiger partial charge < -0.3 is 24.9 Å². The van der Waals surface area contributed by atoms with Crippen molar-refractivity contribution in [3.63, 3.8) is 0 Å². The minimum Gasteiger partial charge on any atom is -0.378 e. The Kier molecular flexibility index (Phi) is 7.74. The number of amides is 1. The lowest BCUT2D eigenvalue weighted by molar-refractivity contribution is -0.0131. The number of nitrogens with zero attached hydrogens (tertiary/aromatic N) is 2. The number of hydrogen-bond donors (Lipinski definition) is 3. The third kappa shape index (κ3) is 5.22. The average molecular weight is 524 g/mol. The molecule has 0 spiro atoms. The van der Waals surface area contributed by atoms with Crippen LogP contribution < -0.4 is 16.2 Å². The van der Waals surface area contributed by atoms with Gasteiger partial charge in [0.15, 0.2) is 0 Å². The summed E-state index contributed by atoms with van der Waals surface area (Å²) in [6.07, 6.45) is 8.35. The normalized spacial score (nSPS) is 21.1. The van der Waals surface area contributed by atoms with E-state index in [9.17, 15) is 9.59 Å². The van der Waals surface area contributed by atoms with Crippen LogP contribution in [-0.4, -0.2) is 52.0 Å². The molecule has 4 heterocycles. The first-order valence-electron chi connectivity index (χ1n) is 13.2. The minimum atomic E-state index is -0.177. The van der Waals surface area contributed by atoms with Crippen LogP contribution in [0, 0.1) is 19.8 Å². The second-order valence-electron chi connectivity index (χ2n) is 10.5. The molecule has 0 bridgehead atoms. The summed E-state index contributed by atoms with van der Waals surface area (Å²) in [5.41, 5.74) is 3.65. The molecule has 198 valence electrons. The van der Waals surface area contributed by atoms with Gasteiger partial charge in [0.25, 0.3) is 11.5 Å². The number of hydrogen-bond acceptors (Lipinski definition) is 6. The number of fused-ring (bicyclic) bond motifs is 1. The third-order valence-corrected chi connectivity index (χ3v) is 8.88. The first-order chi connectivity index (χ1) is 17.9. The lowest BCUT2D eigenvalue weighted by Crippen LogP contribution is -2.51. The van der Waals surface area contributed by atoms with E-state index in [-0.39, 0.29) is 24.1 Å². The van der Waals surface area contributed by atoms with Crippen molar-refractivity contribution >= 4 is 28.7 Å². The summed E-state index contributed by atoms with van der Waals surface area (Å²) in [4.78, 5) is 34.5. The maximum atomic E-state index is 13.5. The Hall–Kier alpha value is -2.62. The number of aromatic amines is 1. The molecule has 3 N–H and O–H groups in total.